The molecular formula is C10H20N2O2S. The molecule has 0 aromatic heterocycles. The number of ether oxygens (including phenoxy) is 1. The third kappa shape index (κ3) is 4.13. The molecule has 0 saturated carbocycles. The summed E-state index contributed by atoms with van der Waals surface area (Å²) < 4.78 is 5.11. The summed E-state index contributed by atoms with van der Waals surface area (Å²) in [6.45, 7) is 5.88. The van der Waals surface area contributed by atoms with Gasteiger partial charge in [-0.3, -0.25) is 4.79 Å². The molecule has 0 fully saturated rings. The van der Waals surface area contributed by atoms with E-state index in [1.165, 1.54) is 7.11 Å². The van der Waals surface area contributed by atoms with Crippen LogP contribution in [0, 0.1) is 5.92 Å². The second kappa shape index (κ2) is 5.42. The third-order valence-electron chi connectivity index (χ3n) is 2.41. The van der Waals surface area contributed by atoms with Gasteiger partial charge in [0.05, 0.1) is 4.99 Å². The molecular weight excluding hydrogens is 212 g/mol. The SMILES string of the molecule is COC(C)(C)C(=O)N(C)CC(C)C(N)=S. The van der Waals surface area contributed by atoms with E-state index in [1.807, 2.05) is 6.92 Å². The molecule has 1 amide bonds. The minimum atomic E-state index is -0.801. The first-order chi connectivity index (χ1) is 6.72. The zero-order valence-corrected chi connectivity index (χ0v) is 10.9. The number of hydrogen-bond acceptors (Lipinski definition) is 3. The molecule has 0 rings (SSSR count). The van der Waals surface area contributed by atoms with Crippen molar-refractivity contribution < 1.29 is 9.53 Å². The van der Waals surface area contributed by atoms with Gasteiger partial charge in [0.15, 0.2) is 0 Å². The van der Waals surface area contributed by atoms with Crippen LogP contribution in [0.5, 0.6) is 0 Å². The number of nitrogens with zero attached hydrogens (tertiary/aromatic N) is 1. The number of thiocarbonyl (C=S) groups is 1. The highest BCUT2D eigenvalue weighted by molar-refractivity contribution is 7.80. The number of hydrogen-bond donors (Lipinski definition) is 1. The van der Waals surface area contributed by atoms with Crippen molar-refractivity contribution in [2.45, 2.75) is 26.4 Å². The second-order valence-electron chi connectivity index (χ2n) is 4.20. The average Bonchev–Trinajstić information content (AvgIpc) is 2.16. The first-order valence-electron chi connectivity index (χ1n) is 4.82. The van der Waals surface area contributed by atoms with Gasteiger partial charge in [0, 0.05) is 26.6 Å². The summed E-state index contributed by atoms with van der Waals surface area (Å²) in [5.74, 6) is -0.0605. The minimum absolute atomic E-state index is 0.0154. The van der Waals surface area contributed by atoms with Crippen molar-refractivity contribution in [2.24, 2.45) is 11.7 Å². The predicted molar refractivity (Wildman–Crippen MR) is 64.7 cm³/mol. The Hall–Kier alpha value is -0.680. The van der Waals surface area contributed by atoms with Crippen LogP contribution < -0.4 is 5.73 Å². The van der Waals surface area contributed by atoms with E-state index in [4.69, 9.17) is 22.7 Å². The van der Waals surface area contributed by atoms with Gasteiger partial charge < -0.3 is 15.4 Å². The Labute approximate surface area is 96.8 Å². The van der Waals surface area contributed by atoms with Crippen molar-refractivity contribution in [3.8, 4) is 0 Å². The van der Waals surface area contributed by atoms with E-state index in [0.29, 0.717) is 11.5 Å². The molecule has 1 atom stereocenters. The molecule has 0 saturated heterocycles. The molecule has 1 unspecified atom stereocenters. The first kappa shape index (κ1) is 14.3. The largest absolute Gasteiger partial charge is 0.393 e. The molecule has 15 heavy (non-hydrogen) atoms. The fourth-order valence-corrected chi connectivity index (χ4v) is 1.21. The highest BCUT2D eigenvalue weighted by atomic mass is 32.1. The molecule has 4 nitrogen and oxygen atoms in total. The Kier molecular flexibility index (Phi) is 5.17. The van der Waals surface area contributed by atoms with Crippen LogP contribution in [-0.4, -0.2) is 42.1 Å². The van der Waals surface area contributed by atoms with Crippen LogP contribution in [0.25, 0.3) is 0 Å². The van der Waals surface area contributed by atoms with Gasteiger partial charge in [-0.05, 0) is 13.8 Å². The fraction of sp³-hybridized carbons (Fsp3) is 0.800. The summed E-state index contributed by atoms with van der Waals surface area (Å²) in [4.78, 5) is 13.9. The van der Waals surface area contributed by atoms with Crippen molar-refractivity contribution in [3.05, 3.63) is 0 Å². The molecule has 0 aliphatic rings. The molecule has 0 aromatic carbocycles. The molecule has 0 spiro atoms. The van der Waals surface area contributed by atoms with Gasteiger partial charge in [-0.25, -0.2) is 0 Å². The second-order valence-corrected chi connectivity index (χ2v) is 4.67. The normalized spacial score (nSPS) is 13.4. The van der Waals surface area contributed by atoms with Gasteiger partial charge in [-0.15, -0.1) is 0 Å². The van der Waals surface area contributed by atoms with Crippen LogP contribution in [0.4, 0.5) is 0 Å². The maximum Gasteiger partial charge on any atom is 0.253 e. The molecule has 0 aromatic rings. The molecule has 0 aliphatic heterocycles. The van der Waals surface area contributed by atoms with Crippen LogP contribution in [0.15, 0.2) is 0 Å². The van der Waals surface area contributed by atoms with Crippen LogP contribution in [0.1, 0.15) is 20.8 Å². The lowest BCUT2D eigenvalue weighted by Crippen LogP contribution is -2.47. The van der Waals surface area contributed by atoms with Crippen molar-refractivity contribution in [2.75, 3.05) is 20.7 Å². The Bertz CT molecular complexity index is 254. The highest BCUT2D eigenvalue weighted by Crippen LogP contribution is 2.12. The van der Waals surface area contributed by atoms with E-state index in [-0.39, 0.29) is 11.8 Å². The van der Waals surface area contributed by atoms with Gasteiger partial charge in [-0.2, -0.15) is 0 Å². The van der Waals surface area contributed by atoms with Gasteiger partial charge in [-0.1, -0.05) is 19.1 Å². The molecule has 88 valence electrons. The van der Waals surface area contributed by atoms with E-state index in [0.717, 1.165) is 0 Å². The summed E-state index contributed by atoms with van der Waals surface area (Å²) in [5.41, 5.74) is 4.69. The first-order valence-corrected chi connectivity index (χ1v) is 5.23. The predicted octanol–water partition coefficient (Wildman–Crippen LogP) is 0.792. The van der Waals surface area contributed by atoms with E-state index < -0.39 is 5.60 Å². The van der Waals surface area contributed by atoms with E-state index >= 15 is 0 Å². The fourth-order valence-electron chi connectivity index (χ4n) is 1.13. The monoisotopic (exact) mass is 232 g/mol. The number of rotatable bonds is 5. The Morgan fingerprint density at radius 1 is 1.60 bits per heavy atom. The lowest BCUT2D eigenvalue weighted by molar-refractivity contribution is -0.149. The summed E-state index contributed by atoms with van der Waals surface area (Å²) in [7, 11) is 3.24. The summed E-state index contributed by atoms with van der Waals surface area (Å²) >= 11 is 4.85. The maximum absolute atomic E-state index is 11.9. The van der Waals surface area contributed by atoms with E-state index in [9.17, 15) is 4.79 Å². The molecule has 0 heterocycles. The van der Waals surface area contributed by atoms with Crippen molar-refractivity contribution in [3.63, 3.8) is 0 Å². The van der Waals surface area contributed by atoms with Gasteiger partial charge >= 0.3 is 0 Å². The van der Waals surface area contributed by atoms with Crippen LogP contribution in [-0.2, 0) is 9.53 Å². The molecule has 0 bridgehead atoms. The van der Waals surface area contributed by atoms with E-state index in [2.05, 4.69) is 0 Å². The summed E-state index contributed by atoms with van der Waals surface area (Å²) in [6.07, 6.45) is 0. The Morgan fingerprint density at radius 2 is 2.07 bits per heavy atom. The van der Waals surface area contributed by atoms with Gasteiger partial charge in [0.2, 0.25) is 0 Å². The standard InChI is InChI=1S/C10H20N2O2S/c1-7(8(11)15)6-12(4)9(13)10(2,3)14-5/h7H,6H2,1-5H3,(H2,11,15). The molecule has 0 radical (unpaired) electrons. The van der Waals surface area contributed by atoms with Crippen molar-refractivity contribution >= 4 is 23.1 Å². The average molecular weight is 232 g/mol. The van der Waals surface area contributed by atoms with Gasteiger partial charge in [0.25, 0.3) is 5.91 Å². The highest BCUT2D eigenvalue weighted by Gasteiger charge is 2.30. The van der Waals surface area contributed by atoms with Crippen LogP contribution in [0.3, 0.4) is 0 Å². The smallest absolute Gasteiger partial charge is 0.253 e. The molecule has 5 heteroatoms. The zero-order chi connectivity index (χ0) is 12.2. The van der Waals surface area contributed by atoms with Crippen molar-refractivity contribution in [1.82, 2.24) is 4.90 Å². The van der Waals surface area contributed by atoms with E-state index in [1.54, 1.807) is 25.8 Å². The number of amides is 1. The third-order valence-corrected chi connectivity index (χ3v) is 2.81. The Balaban J connectivity index is 4.40. The number of methoxy groups -OCH3 is 1. The number of carbonyl (C=O) groups is 1. The Morgan fingerprint density at radius 3 is 2.40 bits per heavy atom. The van der Waals surface area contributed by atoms with Gasteiger partial charge in [0.1, 0.15) is 5.60 Å². The van der Waals surface area contributed by atoms with Crippen LogP contribution in [0.2, 0.25) is 0 Å². The summed E-state index contributed by atoms with van der Waals surface area (Å²) in [5, 5.41) is 0. The number of likely N-dealkylation sites (N-methyl/N-ethyl adjacent to an activating group) is 1. The molecule has 0 aliphatic carbocycles. The lowest BCUT2D eigenvalue weighted by atomic mass is 10.1. The molecule has 2 N–H and O–H groups in total. The quantitative estimate of drug-likeness (QED) is 0.712. The lowest BCUT2D eigenvalue weighted by Gasteiger charge is -2.29. The summed E-state index contributed by atoms with van der Waals surface area (Å²) in [6, 6.07) is 0. The number of carbonyl (C=O) groups excluding carboxylic acids is 1. The maximum atomic E-state index is 11.9. The van der Waals surface area contributed by atoms with Crippen molar-refractivity contribution in [1.29, 1.82) is 0 Å². The van der Waals surface area contributed by atoms with Crippen LogP contribution >= 0.6 is 12.2 Å². The topological polar surface area (TPSA) is 55.6 Å². The number of nitrogens with two attached hydrogens (primary N) is 1. The zero-order valence-electron chi connectivity index (χ0n) is 10.0. The minimum Gasteiger partial charge on any atom is -0.393 e.